The third-order valence-electron chi connectivity index (χ3n) is 5.67. The molecule has 2 nitrogen and oxygen atoms in total. The van der Waals surface area contributed by atoms with E-state index >= 15 is 0 Å². The quantitative estimate of drug-likeness (QED) is 0.710. The van der Waals surface area contributed by atoms with Gasteiger partial charge in [-0.15, -0.1) is 0 Å². The van der Waals surface area contributed by atoms with Crippen molar-refractivity contribution in [3.05, 3.63) is 35.9 Å². The van der Waals surface area contributed by atoms with Crippen LogP contribution in [-0.4, -0.2) is 30.1 Å². The molecule has 3 rings (SSSR count). The summed E-state index contributed by atoms with van der Waals surface area (Å²) in [7, 11) is 0. The Bertz CT molecular complexity index is 427. The van der Waals surface area contributed by atoms with Gasteiger partial charge < -0.3 is 4.74 Å². The maximum Gasteiger partial charge on any atom is 0.0717 e. The van der Waals surface area contributed by atoms with Crippen LogP contribution in [0.2, 0.25) is 0 Å². The van der Waals surface area contributed by atoms with E-state index in [1.807, 2.05) is 0 Å². The average Bonchev–Trinajstić information content (AvgIpc) is 2.94. The van der Waals surface area contributed by atoms with E-state index in [1.54, 1.807) is 0 Å². The first-order valence-corrected chi connectivity index (χ1v) is 9.22. The number of hydrogen-bond donors (Lipinski definition) is 0. The van der Waals surface area contributed by atoms with E-state index in [0.29, 0.717) is 0 Å². The Kier molecular flexibility index (Phi) is 5.91. The van der Waals surface area contributed by atoms with Crippen LogP contribution in [0.1, 0.15) is 57.4 Å². The molecule has 2 unspecified atom stereocenters. The normalized spacial score (nSPS) is 27.3. The van der Waals surface area contributed by atoms with Crippen molar-refractivity contribution in [2.24, 2.45) is 5.92 Å². The molecule has 1 aromatic carbocycles. The van der Waals surface area contributed by atoms with Crippen LogP contribution in [0.4, 0.5) is 0 Å². The lowest BCUT2D eigenvalue weighted by Crippen LogP contribution is -2.41. The van der Waals surface area contributed by atoms with Gasteiger partial charge >= 0.3 is 0 Å². The Morgan fingerprint density at radius 2 is 1.77 bits per heavy atom. The molecule has 2 fully saturated rings. The van der Waals surface area contributed by atoms with E-state index in [2.05, 4.69) is 42.2 Å². The summed E-state index contributed by atoms with van der Waals surface area (Å²) in [5.74, 6) is 0.952. The van der Waals surface area contributed by atoms with Crippen molar-refractivity contribution in [1.29, 1.82) is 0 Å². The zero-order chi connectivity index (χ0) is 15.2. The third-order valence-corrected chi connectivity index (χ3v) is 5.67. The molecule has 1 saturated heterocycles. The van der Waals surface area contributed by atoms with Gasteiger partial charge in [0.1, 0.15) is 0 Å². The molecule has 2 atom stereocenters. The predicted molar refractivity (Wildman–Crippen MR) is 91.9 cm³/mol. The summed E-state index contributed by atoms with van der Waals surface area (Å²) < 4.78 is 5.92. The van der Waals surface area contributed by atoms with E-state index in [4.69, 9.17) is 4.74 Å². The average molecular weight is 301 g/mol. The van der Waals surface area contributed by atoms with Crippen LogP contribution in [0.5, 0.6) is 0 Å². The third kappa shape index (κ3) is 4.11. The van der Waals surface area contributed by atoms with E-state index in [0.717, 1.165) is 37.8 Å². The molecule has 2 heteroatoms. The number of rotatable bonds is 6. The van der Waals surface area contributed by atoms with E-state index < -0.39 is 0 Å². The molecule has 1 aliphatic heterocycles. The second kappa shape index (κ2) is 8.12. The van der Waals surface area contributed by atoms with Crippen molar-refractivity contribution in [3.8, 4) is 0 Å². The van der Waals surface area contributed by atoms with Crippen molar-refractivity contribution in [2.45, 2.75) is 70.6 Å². The molecule has 1 aromatic rings. The highest BCUT2D eigenvalue weighted by Gasteiger charge is 2.35. The Labute approximate surface area is 135 Å². The van der Waals surface area contributed by atoms with Crippen molar-refractivity contribution in [2.75, 3.05) is 13.2 Å². The van der Waals surface area contributed by atoms with E-state index in [9.17, 15) is 0 Å². The summed E-state index contributed by atoms with van der Waals surface area (Å²) in [6, 6.07) is 12.1. The van der Waals surface area contributed by atoms with Crippen molar-refractivity contribution in [3.63, 3.8) is 0 Å². The maximum atomic E-state index is 5.92. The molecule has 122 valence electrons. The molecule has 0 amide bonds. The van der Waals surface area contributed by atoms with Gasteiger partial charge in [0.25, 0.3) is 0 Å². The second-order valence-electron chi connectivity index (χ2n) is 7.17. The Hall–Kier alpha value is -0.860. The summed E-state index contributed by atoms with van der Waals surface area (Å²) in [5, 5.41) is 0. The highest BCUT2D eigenvalue weighted by molar-refractivity contribution is 5.13. The summed E-state index contributed by atoms with van der Waals surface area (Å²) >= 11 is 0. The minimum atomic E-state index is 0.743. The summed E-state index contributed by atoms with van der Waals surface area (Å²) in [6.07, 6.45) is 10.1. The van der Waals surface area contributed by atoms with Gasteiger partial charge in [0.05, 0.1) is 13.2 Å². The largest absolute Gasteiger partial charge is 0.375 e. The van der Waals surface area contributed by atoms with E-state index in [1.165, 1.54) is 50.5 Å². The first-order valence-electron chi connectivity index (χ1n) is 9.22. The zero-order valence-corrected chi connectivity index (χ0v) is 14.0. The first-order chi connectivity index (χ1) is 10.8. The molecule has 0 bridgehead atoms. The Morgan fingerprint density at radius 1 is 1.00 bits per heavy atom. The van der Waals surface area contributed by atoms with Crippen LogP contribution >= 0.6 is 0 Å². The SMILES string of the molecule is CC1CCC(C2CCCCC2)N1CCOCc1ccccc1. The highest BCUT2D eigenvalue weighted by atomic mass is 16.5. The molecule has 1 heterocycles. The van der Waals surface area contributed by atoms with Gasteiger partial charge in [-0.3, -0.25) is 4.90 Å². The van der Waals surface area contributed by atoms with Gasteiger partial charge in [-0.25, -0.2) is 0 Å². The maximum absolute atomic E-state index is 5.92. The number of benzene rings is 1. The van der Waals surface area contributed by atoms with Crippen LogP contribution in [0.25, 0.3) is 0 Å². The summed E-state index contributed by atoms with van der Waals surface area (Å²) in [6.45, 7) is 5.12. The van der Waals surface area contributed by atoms with Crippen molar-refractivity contribution < 1.29 is 4.74 Å². The smallest absolute Gasteiger partial charge is 0.0717 e. The van der Waals surface area contributed by atoms with Gasteiger partial charge in [0, 0.05) is 18.6 Å². The van der Waals surface area contributed by atoms with Crippen molar-refractivity contribution >= 4 is 0 Å². The lowest BCUT2D eigenvalue weighted by Gasteiger charge is -2.36. The lowest BCUT2D eigenvalue weighted by atomic mass is 9.83. The standard InChI is InChI=1S/C20H31NO/c1-17-12-13-20(19-10-6-3-7-11-19)21(17)14-15-22-16-18-8-4-2-5-9-18/h2,4-5,8-9,17,19-20H,3,6-7,10-16H2,1H3. The van der Waals surface area contributed by atoms with Crippen LogP contribution in [0.3, 0.4) is 0 Å². The van der Waals surface area contributed by atoms with Gasteiger partial charge in [-0.05, 0) is 44.1 Å². The molecule has 0 spiro atoms. The van der Waals surface area contributed by atoms with Crippen LogP contribution in [0.15, 0.2) is 30.3 Å². The van der Waals surface area contributed by atoms with Crippen molar-refractivity contribution in [1.82, 2.24) is 4.90 Å². The number of nitrogens with zero attached hydrogens (tertiary/aromatic N) is 1. The van der Waals surface area contributed by atoms with Gasteiger partial charge in [-0.1, -0.05) is 49.6 Å². The minimum absolute atomic E-state index is 0.743. The zero-order valence-electron chi connectivity index (χ0n) is 14.0. The summed E-state index contributed by atoms with van der Waals surface area (Å²) in [5.41, 5.74) is 1.28. The van der Waals surface area contributed by atoms with E-state index in [-0.39, 0.29) is 0 Å². The number of hydrogen-bond acceptors (Lipinski definition) is 2. The predicted octanol–water partition coefficient (Wildman–Crippen LogP) is 4.64. The number of likely N-dealkylation sites (tertiary alicyclic amines) is 1. The lowest BCUT2D eigenvalue weighted by molar-refractivity contribution is 0.0597. The highest BCUT2D eigenvalue weighted by Crippen LogP contribution is 2.36. The molecule has 0 N–H and O–H groups in total. The Morgan fingerprint density at radius 3 is 2.55 bits per heavy atom. The second-order valence-corrected chi connectivity index (χ2v) is 7.17. The molecule has 1 saturated carbocycles. The summed E-state index contributed by atoms with van der Waals surface area (Å²) in [4.78, 5) is 2.75. The van der Waals surface area contributed by atoms with Crippen LogP contribution in [0, 0.1) is 5.92 Å². The van der Waals surface area contributed by atoms with Gasteiger partial charge in [0.2, 0.25) is 0 Å². The van der Waals surface area contributed by atoms with Gasteiger partial charge in [0.15, 0.2) is 0 Å². The molecule has 2 aliphatic rings. The molecule has 22 heavy (non-hydrogen) atoms. The topological polar surface area (TPSA) is 12.5 Å². The molecule has 0 radical (unpaired) electrons. The molecule has 0 aromatic heterocycles. The van der Waals surface area contributed by atoms with Crippen LogP contribution in [-0.2, 0) is 11.3 Å². The monoisotopic (exact) mass is 301 g/mol. The minimum Gasteiger partial charge on any atom is -0.375 e. The number of ether oxygens (including phenoxy) is 1. The van der Waals surface area contributed by atoms with Crippen LogP contribution < -0.4 is 0 Å². The first kappa shape index (κ1) is 16.0. The molecular formula is C20H31NO. The fourth-order valence-electron chi connectivity index (χ4n) is 4.42. The molecular weight excluding hydrogens is 270 g/mol. The fraction of sp³-hybridized carbons (Fsp3) is 0.700. The fourth-order valence-corrected chi connectivity index (χ4v) is 4.42. The molecule has 1 aliphatic carbocycles. The Balaban J connectivity index is 1.45. The van der Waals surface area contributed by atoms with Gasteiger partial charge in [-0.2, -0.15) is 0 Å².